The van der Waals surface area contributed by atoms with Gasteiger partial charge in [-0.2, -0.15) is 5.26 Å². The van der Waals surface area contributed by atoms with E-state index in [1.807, 2.05) is 18.3 Å². The SMILES string of the molecule is N#Cc1ccc(CN2CCC[C@H](c3nccn3CC3CC3)C2)cc1. The van der Waals surface area contributed by atoms with Crippen LogP contribution in [-0.4, -0.2) is 27.5 Å². The van der Waals surface area contributed by atoms with Crippen LogP contribution in [0.4, 0.5) is 0 Å². The van der Waals surface area contributed by atoms with E-state index >= 15 is 0 Å². The van der Waals surface area contributed by atoms with Crippen LogP contribution < -0.4 is 0 Å². The molecule has 0 radical (unpaired) electrons. The lowest BCUT2D eigenvalue weighted by Gasteiger charge is -2.32. The summed E-state index contributed by atoms with van der Waals surface area (Å²) in [6.45, 7) is 4.36. The van der Waals surface area contributed by atoms with Crippen LogP contribution in [0.15, 0.2) is 36.7 Å². The zero-order valence-corrected chi connectivity index (χ0v) is 14.1. The van der Waals surface area contributed by atoms with Gasteiger partial charge in [-0.1, -0.05) is 12.1 Å². The Morgan fingerprint density at radius 2 is 2.00 bits per heavy atom. The van der Waals surface area contributed by atoms with Gasteiger partial charge in [-0.3, -0.25) is 4.90 Å². The van der Waals surface area contributed by atoms with Crippen molar-refractivity contribution in [2.24, 2.45) is 5.92 Å². The number of hydrogen-bond donors (Lipinski definition) is 0. The molecule has 0 amide bonds. The summed E-state index contributed by atoms with van der Waals surface area (Å²) in [5, 5.41) is 8.91. The van der Waals surface area contributed by atoms with E-state index in [9.17, 15) is 0 Å². The molecule has 0 N–H and O–H groups in total. The molecule has 2 heterocycles. The molecule has 1 saturated heterocycles. The van der Waals surface area contributed by atoms with E-state index < -0.39 is 0 Å². The molecule has 1 aliphatic heterocycles. The van der Waals surface area contributed by atoms with E-state index in [2.05, 4.69) is 38.8 Å². The molecule has 1 aromatic heterocycles. The van der Waals surface area contributed by atoms with Crippen molar-refractivity contribution in [2.75, 3.05) is 13.1 Å². The van der Waals surface area contributed by atoms with E-state index in [1.54, 1.807) is 0 Å². The van der Waals surface area contributed by atoms with E-state index in [1.165, 1.54) is 37.1 Å². The Balaban J connectivity index is 1.41. The van der Waals surface area contributed by atoms with Crippen LogP contribution in [0.3, 0.4) is 0 Å². The summed E-state index contributed by atoms with van der Waals surface area (Å²) in [7, 11) is 0. The molecule has 1 aromatic carbocycles. The van der Waals surface area contributed by atoms with Crippen LogP contribution in [0.2, 0.25) is 0 Å². The molecule has 2 aromatic rings. The third kappa shape index (κ3) is 3.52. The Morgan fingerprint density at radius 1 is 1.17 bits per heavy atom. The maximum atomic E-state index is 8.91. The molecule has 1 aliphatic carbocycles. The van der Waals surface area contributed by atoms with Crippen LogP contribution in [0, 0.1) is 17.2 Å². The molecule has 0 bridgehead atoms. The van der Waals surface area contributed by atoms with Gasteiger partial charge in [0, 0.05) is 37.9 Å². The molecule has 2 fully saturated rings. The highest BCUT2D eigenvalue weighted by atomic mass is 15.1. The second-order valence-electron chi connectivity index (χ2n) is 7.26. The van der Waals surface area contributed by atoms with E-state index in [-0.39, 0.29) is 0 Å². The molecule has 1 atom stereocenters. The van der Waals surface area contributed by atoms with Gasteiger partial charge < -0.3 is 4.57 Å². The van der Waals surface area contributed by atoms with Crippen molar-refractivity contribution in [1.82, 2.24) is 14.5 Å². The third-order valence-electron chi connectivity index (χ3n) is 5.26. The van der Waals surface area contributed by atoms with Crippen LogP contribution in [0.25, 0.3) is 0 Å². The number of piperidine rings is 1. The molecule has 4 heteroatoms. The van der Waals surface area contributed by atoms with E-state index in [0.717, 1.165) is 37.7 Å². The Kier molecular flexibility index (Phi) is 4.36. The first kappa shape index (κ1) is 15.4. The van der Waals surface area contributed by atoms with Crippen molar-refractivity contribution < 1.29 is 0 Å². The standard InChI is InChI=1S/C20H24N4/c21-12-16-3-5-17(6-4-16)13-23-10-1-2-19(15-23)20-22-9-11-24(20)14-18-7-8-18/h3-6,9,11,18-19H,1-2,7-8,10,13-15H2/t19-/m0/s1. The van der Waals surface area contributed by atoms with Gasteiger partial charge in [0.2, 0.25) is 0 Å². The lowest BCUT2D eigenvalue weighted by atomic mass is 9.96. The number of rotatable bonds is 5. The highest BCUT2D eigenvalue weighted by molar-refractivity contribution is 5.31. The summed E-state index contributed by atoms with van der Waals surface area (Å²) in [4.78, 5) is 7.22. The van der Waals surface area contributed by atoms with Crippen LogP contribution in [-0.2, 0) is 13.1 Å². The number of hydrogen-bond acceptors (Lipinski definition) is 3. The number of nitriles is 1. The third-order valence-corrected chi connectivity index (χ3v) is 5.26. The minimum Gasteiger partial charge on any atom is -0.334 e. The second kappa shape index (κ2) is 6.78. The average Bonchev–Trinajstić information content (AvgIpc) is 3.31. The second-order valence-corrected chi connectivity index (χ2v) is 7.26. The lowest BCUT2D eigenvalue weighted by Crippen LogP contribution is -2.35. The topological polar surface area (TPSA) is 44.9 Å². The molecule has 4 nitrogen and oxygen atoms in total. The minimum absolute atomic E-state index is 0.547. The fourth-order valence-electron chi connectivity index (χ4n) is 3.77. The molecule has 1 saturated carbocycles. The average molecular weight is 320 g/mol. The first-order chi connectivity index (χ1) is 11.8. The molecule has 124 valence electrons. The van der Waals surface area contributed by atoms with Gasteiger partial charge in [0.15, 0.2) is 0 Å². The van der Waals surface area contributed by atoms with Crippen molar-refractivity contribution >= 4 is 0 Å². The Labute approximate surface area is 143 Å². The normalized spacial score (nSPS) is 21.5. The first-order valence-electron chi connectivity index (χ1n) is 9.04. The molecular formula is C20H24N4. The summed E-state index contributed by atoms with van der Waals surface area (Å²) < 4.78 is 2.40. The molecule has 0 spiro atoms. The molecule has 2 aliphatic rings. The number of likely N-dealkylation sites (tertiary alicyclic amines) is 1. The van der Waals surface area contributed by atoms with Crippen molar-refractivity contribution in [3.63, 3.8) is 0 Å². The van der Waals surface area contributed by atoms with Crippen LogP contribution in [0.5, 0.6) is 0 Å². The van der Waals surface area contributed by atoms with Gasteiger partial charge in [-0.25, -0.2) is 4.98 Å². The van der Waals surface area contributed by atoms with Crippen molar-refractivity contribution in [2.45, 2.75) is 44.7 Å². The number of imidazole rings is 1. The Hall–Kier alpha value is -2.12. The number of benzene rings is 1. The maximum absolute atomic E-state index is 8.91. The van der Waals surface area contributed by atoms with Gasteiger partial charge in [0.25, 0.3) is 0 Å². The Morgan fingerprint density at radius 3 is 2.75 bits per heavy atom. The van der Waals surface area contributed by atoms with Gasteiger partial charge >= 0.3 is 0 Å². The smallest absolute Gasteiger partial charge is 0.113 e. The quantitative estimate of drug-likeness (QED) is 0.846. The van der Waals surface area contributed by atoms with Gasteiger partial charge in [0.05, 0.1) is 11.6 Å². The highest BCUT2D eigenvalue weighted by Gasteiger charge is 2.27. The Bertz CT molecular complexity index is 721. The zero-order valence-electron chi connectivity index (χ0n) is 14.1. The molecule has 4 rings (SSSR count). The molecular weight excluding hydrogens is 296 g/mol. The number of nitrogens with zero attached hydrogens (tertiary/aromatic N) is 4. The summed E-state index contributed by atoms with van der Waals surface area (Å²) in [6.07, 6.45) is 9.37. The fraction of sp³-hybridized carbons (Fsp3) is 0.500. The van der Waals surface area contributed by atoms with Gasteiger partial charge in [-0.15, -0.1) is 0 Å². The summed E-state index contributed by atoms with van der Waals surface area (Å²) in [5.74, 6) is 2.72. The van der Waals surface area contributed by atoms with Crippen molar-refractivity contribution in [3.8, 4) is 6.07 Å². The lowest BCUT2D eigenvalue weighted by molar-refractivity contribution is 0.194. The number of aromatic nitrogens is 2. The van der Waals surface area contributed by atoms with Crippen LogP contribution in [0.1, 0.15) is 48.6 Å². The molecule has 24 heavy (non-hydrogen) atoms. The van der Waals surface area contributed by atoms with E-state index in [0.29, 0.717) is 5.92 Å². The fourth-order valence-corrected chi connectivity index (χ4v) is 3.77. The van der Waals surface area contributed by atoms with Crippen molar-refractivity contribution in [3.05, 3.63) is 53.6 Å². The largest absolute Gasteiger partial charge is 0.334 e. The summed E-state index contributed by atoms with van der Waals surface area (Å²) >= 11 is 0. The monoisotopic (exact) mass is 320 g/mol. The van der Waals surface area contributed by atoms with E-state index in [4.69, 9.17) is 5.26 Å². The predicted octanol–water partition coefficient (Wildman–Crippen LogP) is 3.54. The van der Waals surface area contributed by atoms with Gasteiger partial charge in [0.1, 0.15) is 5.82 Å². The maximum Gasteiger partial charge on any atom is 0.113 e. The highest BCUT2D eigenvalue weighted by Crippen LogP contribution is 2.33. The zero-order chi connectivity index (χ0) is 16.4. The van der Waals surface area contributed by atoms with Gasteiger partial charge in [-0.05, 0) is 55.8 Å². The van der Waals surface area contributed by atoms with Crippen molar-refractivity contribution in [1.29, 1.82) is 5.26 Å². The molecule has 0 unspecified atom stereocenters. The summed E-state index contributed by atoms with van der Waals surface area (Å²) in [5.41, 5.74) is 2.02. The minimum atomic E-state index is 0.547. The summed E-state index contributed by atoms with van der Waals surface area (Å²) in [6, 6.07) is 10.2. The van der Waals surface area contributed by atoms with Crippen LogP contribution >= 0.6 is 0 Å². The predicted molar refractivity (Wildman–Crippen MR) is 93.4 cm³/mol. The first-order valence-corrected chi connectivity index (χ1v) is 9.04.